The smallest absolute Gasteiger partial charge is 0.221 e. The van der Waals surface area contributed by atoms with Crippen LogP contribution in [0.2, 0.25) is 0 Å². The van der Waals surface area contributed by atoms with Crippen LogP contribution in [0, 0.1) is 0 Å². The Morgan fingerprint density at radius 1 is 0.862 bits per heavy atom. The second-order valence-corrected chi connectivity index (χ2v) is 7.12. The highest BCUT2D eigenvalue weighted by atomic mass is 16.5. The minimum atomic E-state index is -0.566. The number of ether oxygens (including phenoxy) is 1. The van der Waals surface area contributed by atoms with Crippen molar-refractivity contribution in [2.24, 2.45) is 0 Å². The van der Waals surface area contributed by atoms with Crippen LogP contribution in [0.15, 0.2) is 54.6 Å². The van der Waals surface area contributed by atoms with Crippen LogP contribution >= 0.6 is 0 Å². The third kappa shape index (κ3) is 8.38. The van der Waals surface area contributed by atoms with Gasteiger partial charge in [-0.3, -0.25) is 9.59 Å². The van der Waals surface area contributed by atoms with Gasteiger partial charge in [-0.1, -0.05) is 69.2 Å². The van der Waals surface area contributed by atoms with E-state index in [1.54, 1.807) is 0 Å². The van der Waals surface area contributed by atoms with Gasteiger partial charge in [0.05, 0.1) is 0 Å². The molecule has 0 fully saturated rings. The molecule has 0 aliphatic rings. The molecule has 0 heterocycles. The van der Waals surface area contributed by atoms with Gasteiger partial charge in [-0.05, 0) is 36.1 Å². The van der Waals surface area contributed by atoms with Crippen LogP contribution in [-0.4, -0.2) is 11.8 Å². The molecule has 0 saturated heterocycles. The quantitative estimate of drug-likeness (QED) is 0.503. The maximum atomic E-state index is 12.3. The molecule has 0 aromatic heterocycles. The van der Waals surface area contributed by atoms with Gasteiger partial charge in [0.2, 0.25) is 11.8 Å². The van der Waals surface area contributed by atoms with Gasteiger partial charge < -0.3 is 15.4 Å². The molecule has 0 aliphatic carbocycles. The molecule has 2 rings (SSSR count). The average molecular weight is 397 g/mol. The topological polar surface area (TPSA) is 67.4 Å². The summed E-state index contributed by atoms with van der Waals surface area (Å²) in [6.07, 6.45) is 3.87. The van der Waals surface area contributed by atoms with E-state index in [1.807, 2.05) is 68.4 Å². The summed E-state index contributed by atoms with van der Waals surface area (Å²) in [5, 5.41) is 5.90. The molecule has 29 heavy (non-hydrogen) atoms. The summed E-state index contributed by atoms with van der Waals surface area (Å²) in [7, 11) is 0. The third-order valence-corrected chi connectivity index (χ3v) is 4.57. The fourth-order valence-electron chi connectivity index (χ4n) is 2.87. The number of unbranched alkanes of at least 4 members (excludes halogenated alkanes) is 2. The summed E-state index contributed by atoms with van der Waals surface area (Å²) in [6, 6.07) is 17.4. The van der Waals surface area contributed by atoms with E-state index in [9.17, 15) is 9.59 Å². The Kier molecular flexibility index (Phi) is 9.76. The minimum absolute atomic E-state index is 0.0664. The maximum absolute atomic E-state index is 12.3. The van der Waals surface area contributed by atoms with Gasteiger partial charge in [0.1, 0.15) is 18.5 Å². The second kappa shape index (κ2) is 12.6. The van der Waals surface area contributed by atoms with E-state index >= 15 is 0 Å². The molecular weight excluding hydrogens is 364 g/mol. The molecule has 0 radical (unpaired) electrons. The Morgan fingerprint density at radius 3 is 2.07 bits per heavy atom. The average Bonchev–Trinajstić information content (AvgIpc) is 2.75. The Morgan fingerprint density at radius 2 is 1.48 bits per heavy atom. The number of carbonyl (C=O) groups excluding carboxylic acids is 2. The lowest BCUT2D eigenvalue weighted by molar-refractivity contribution is -0.124. The van der Waals surface area contributed by atoms with Crippen molar-refractivity contribution in [2.45, 2.75) is 65.1 Å². The molecule has 2 N–H and O–H groups in total. The molecule has 156 valence electrons. The van der Waals surface area contributed by atoms with Gasteiger partial charge in [-0.15, -0.1) is 0 Å². The van der Waals surface area contributed by atoms with Crippen molar-refractivity contribution in [1.82, 2.24) is 10.6 Å². The summed E-state index contributed by atoms with van der Waals surface area (Å²) in [5.74, 6) is 0.563. The van der Waals surface area contributed by atoms with Crippen molar-refractivity contribution in [3.05, 3.63) is 65.7 Å². The zero-order valence-corrected chi connectivity index (χ0v) is 17.4. The number of hydrogen-bond acceptors (Lipinski definition) is 3. The van der Waals surface area contributed by atoms with E-state index < -0.39 is 6.17 Å². The second-order valence-electron chi connectivity index (χ2n) is 7.12. The molecular formula is C24H32N2O3. The lowest BCUT2D eigenvalue weighted by Gasteiger charge is -2.21. The van der Waals surface area contributed by atoms with Gasteiger partial charge in [0.15, 0.2) is 0 Å². The molecule has 2 aromatic carbocycles. The van der Waals surface area contributed by atoms with Crippen LogP contribution in [0.1, 0.15) is 69.7 Å². The van der Waals surface area contributed by atoms with Crippen LogP contribution in [0.5, 0.6) is 5.75 Å². The highest BCUT2D eigenvalue weighted by molar-refractivity contribution is 5.79. The Hall–Kier alpha value is -2.82. The van der Waals surface area contributed by atoms with Crippen molar-refractivity contribution in [3.63, 3.8) is 0 Å². The normalized spacial score (nSPS) is 10.6. The van der Waals surface area contributed by atoms with Crippen molar-refractivity contribution in [2.75, 3.05) is 0 Å². The number of hydrogen-bond donors (Lipinski definition) is 2. The van der Waals surface area contributed by atoms with E-state index in [4.69, 9.17) is 4.74 Å². The molecule has 2 amide bonds. The van der Waals surface area contributed by atoms with Gasteiger partial charge >= 0.3 is 0 Å². The summed E-state index contributed by atoms with van der Waals surface area (Å²) in [4.78, 5) is 24.6. The lowest BCUT2D eigenvalue weighted by atomic mass is 10.1. The fraction of sp³-hybridized carbons (Fsp3) is 0.417. The summed E-state index contributed by atoms with van der Waals surface area (Å²) < 4.78 is 5.90. The zero-order chi connectivity index (χ0) is 20.9. The van der Waals surface area contributed by atoms with E-state index in [0.29, 0.717) is 25.2 Å². The van der Waals surface area contributed by atoms with E-state index in [-0.39, 0.29) is 11.8 Å². The van der Waals surface area contributed by atoms with Crippen LogP contribution in [0.3, 0.4) is 0 Å². The van der Waals surface area contributed by atoms with Gasteiger partial charge in [-0.25, -0.2) is 0 Å². The molecule has 0 aliphatic heterocycles. The Labute approximate surface area is 173 Å². The molecule has 5 nitrogen and oxygen atoms in total. The first-order valence-corrected chi connectivity index (χ1v) is 10.5. The number of benzene rings is 2. The van der Waals surface area contributed by atoms with Gasteiger partial charge in [0, 0.05) is 12.8 Å². The zero-order valence-electron chi connectivity index (χ0n) is 17.4. The molecule has 0 spiro atoms. The first-order valence-electron chi connectivity index (χ1n) is 10.5. The van der Waals surface area contributed by atoms with Crippen LogP contribution in [-0.2, 0) is 16.2 Å². The number of nitrogens with one attached hydrogen (secondary N) is 2. The lowest BCUT2D eigenvalue weighted by Crippen LogP contribution is -2.41. The minimum Gasteiger partial charge on any atom is -0.489 e. The van der Waals surface area contributed by atoms with Crippen molar-refractivity contribution in [1.29, 1.82) is 0 Å². The number of carbonyl (C=O) groups is 2. The Bertz CT molecular complexity index is 740. The molecule has 0 unspecified atom stereocenters. The van der Waals surface area contributed by atoms with Crippen LogP contribution < -0.4 is 15.4 Å². The third-order valence-electron chi connectivity index (χ3n) is 4.57. The molecule has 0 bridgehead atoms. The molecule has 0 atom stereocenters. The van der Waals surface area contributed by atoms with Crippen molar-refractivity contribution < 1.29 is 14.3 Å². The van der Waals surface area contributed by atoms with Gasteiger partial charge in [0.25, 0.3) is 0 Å². The highest BCUT2D eigenvalue weighted by Gasteiger charge is 2.17. The summed E-state index contributed by atoms with van der Waals surface area (Å²) in [5.41, 5.74) is 1.88. The van der Waals surface area contributed by atoms with E-state index in [2.05, 4.69) is 10.6 Å². The molecule has 5 heteroatoms. The highest BCUT2D eigenvalue weighted by Crippen LogP contribution is 2.20. The maximum Gasteiger partial charge on any atom is 0.221 e. The van der Waals surface area contributed by atoms with E-state index in [1.165, 1.54) is 0 Å². The first kappa shape index (κ1) is 22.5. The molecule has 2 aromatic rings. The first-order chi connectivity index (χ1) is 14.1. The van der Waals surface area contributed by atoms with Gasteiger partial charge in [-0.2, -0.15) is 0 Å². The SMILES string of the molecule is CCCCC(=O)NC(NC(=O)CCCC)c1cccc(OCc2ccccc2)c1. The Balaban J connectivity index is 2.08. The van der Waals surface area contributed by atoms with Crippen LogP contribution in [0.4, 0.5) is 0 Å². The number of amides is 2. The monoisotopic (exact) mass is 396 g/mol. The van der Waals surface area contributed by atoms with Crippen molar-refractivity contribution >= 4 is 11.8 Å². The predicted octanol–water partition coefficient (Wildman–Crippen LogP) is 4.88. The molecule has 0 saturated carbocycles. The number of rotatable bonds is 12. The fourth-order valence-corrected chi connectivity index (χ4v) is 2.87. The van der Waals surface area contributed by atoms with Crippen molar-refractivity contribution in [3.8, 4) is 5.75 Å². The van der Waals surface area contributed by atoms with E-state index in [0.717, 1.165) is 36.8 Å². The summed E-state index contributed by atoms with van der Waals surface area (Å²) >= 11 is 0. The largest absolute Gasteiger partial charge is 0.489 e. The predicted molar refractivity (Wildman–Crippen MR) is 115 cm³/mol. The summed E-state index contributed by atoms with van der Waals surface area (Å²) in [6.45, 7) is 4.55. The van der Waals surface area contributed by atoms with Crippen LogP contribution in [0.25, 0.3) is 0 Å². The standard InChI is InChI=1S/C24H32N2O3/c1-3-5-15-22(27)25-24(26-23(28)16-6-4-2)20-13-10-14-21(17-20)29-18-19-11-8-7-9-12-19/h7-14,17,24H,3-6,15-16,18H2,1-2H3,(H,25,27)(H,26,28).